The Bertz CT molecular complexity index is 1250. The molecule has 0 amide bonds. The molecule has 0 atom stereocenters. The van der Waals surface area contributed by atoms with E-state index in [1.807, 2.05) is 18.2 Å². The van der Waals surface area contributed by atoms with Gasteiger partial charge in [-0.25, -0.2) is 18.4 Å². The maximum atomic E-state index is 11.7. The van der Waals surface area contributed by atoms with E-state index in [4.69, 9.17) is 4.98 Å². The summed E-state index contributed by atoms with van der Waals surface area (Å²) in [6.07, 6.45) is 6.41. The van der Waals surface area contributed by atoms with Crippen LogP contribution < -0.4 is 5.32 Å². The quantitative estimate of drug-likeness (QED) is 0.478. The number of imidazole rings is 1. The lowest BCUT2D eigenvalue weighted by Crippen LogP contribution is -1.97. The van der Waals surface area contributed by atoms with Crippen molar-refractivity contribution in [3.05, 3.63) is 61.1 Å². The molecule has 3 aromatic heterocycles. The van der Waals surface area contributed by atoms with Gasteiger partial charge in [0.05, 0.1) is 22.5 Å². The van der Waals surface area contributed by atoms with Gasteiger partial charge in [0.1, 0.15) is 17.3 Å². The average Bonchev–Trinajstić information content (AvgIpc) is 3.08. The van der Waals surface area contributed by atoms with Crippen LogP contribution in [0.15, 0.2) is 66.0 Å². The zero-order valence-electron chi connectivity index (χ0n) is 14.8. The Kier molecular flexibility index (Phi) is 3.56. The van der Waals surface area contributed by atoms with Crippen LogP contribution in [0.4, 0.5) is 11.5 Å². The van der Waals surface area contributed by atoms with Gasteiger partial charge in [0.15, 0.2) is 9.84 Å². The first-order chi connectivity index (χ1) is 13.5. The van der Waals surface area contributed by atoms with E-state index in [0.29, 0.717) is 11.6 Å². The Morgan fingerprint density at radius 1 is 0.964 bits per heavy atom. The molecule has 1 aromatic carbocycles. The third-order valence-electron chi connectivity index (χ3n) is 4.67. The standard InChI is InChI=1S/C20H15N5O2S/c1-28(26,27)13-6-4-12(5-7-13)19-24-17-14-8-10-21-11-16(14)23-20-15(18(17)25-19)3-2-9-22-20/h2-11H,1H3,(H,22,23)(H,24,25). The predicted octanol–water partition coefficient (Wildman–Crippen LogP) is 3.66. The first-order valence-corrected chi connectivity index (χ1v) is 10.5. The molecule has 4 aromatic rings. The van der Waals surface area contributed by atoms with Crippen molar-refractivity contribution in [2.75, 3.05) is 11.6 Å². The molecule has 8 heteroatoms. The molecule has 2 N–H and O–H groups in total. The highest BCUT2D eigenvalue weighted by atomic mass is 32.2. The van der Waals surface area contributed by atoms with Crippen LogP contribution in [-0.2, 0) is 9.84 Å². The number of hydrogen-bond donors (Lipinski definition) is 2. The second-order valence-corrected chi connectivity index (χ2v) is 8.57. The van der Waals surface area contributed by atoms with Crippen molar-refractivity contribution in [1.29, 1.82) is 0 Å². The molecule has 0 aliphatic carbocycles. The lowest BCUT2D eigenvalue weighted by atomic mass is 10.1. The molecular formula is C20H15N5O2S. The van der Waals surface area contributed by atoms with Crippen LogP contribution in [0.1, 0.15) is 0 Å². The number of nitrogens with one attached hydrogen (secondary N) is 2. The third kappa shape index (κ3) is 2.66. The minimum atomic E-state index is -3.24. The Hall–Kier alpha value is -3.52. The molecule has 7 nitrogen and oxygen atoms in total. The average molecular weight is 389 g/mol. The van der Waals surface area contributed by atoms with Gasteiger partial charge in [0, 0.05) is 35.3 Å². The third-order valence-corrected chi connectivity index (χ3v) is 5.79. The minimum absolute atomic E-state index is 0.277. The monoisotopic (exact) mass is 389 g/mol. The van der Waals surface area contributed by atoms with Gasteiger partial charge >= 0.3 is 0 Å². The molecule has 138 valence electrons. The van der Waals surface area contributed by atoms with E-state index in [1.165, 1.54) is 6.26 Å². The summed E-state index contributed by atoms with van der Waals surface area (Å²) in [6, 6.07) is 12.4. The van der Waals surface area contributed by atoms with Crippen LogP contribution >= 0.6 is 0 Å². The number of benzene rings is 1. The topological polar surface area (TPSA) is 101 Å². The van der Waals surface area contributed by atoms with Crippen LogP contribution in [0.2, 0.25) is 0 Å². The Morgan fingerprint density at radius 2 is 1.79 bits per heavy atom. The molecular weight excluding hydrogens is 374 g/mol. The van der Waals surface area contributed by atoms with Crippen LogP contribution in [0.3, 0.4) is 0 Å². The fourth-order valence-corrected chi connectivity index (χ4v) is 3.93. The van der Waals surface area contributed by atoms with E-state index in [-0.39, 0.29) is 4.90 Å². The molecule has 0 fully saturated rings. The summed E-state index contributed by atoms with van der Waals surface area (Å²) in [5.74, 6) is 1.37. The molecule has 0 unspecified atom stereocenters. The second-order valence-electron chi connectivity index (χ2n) is 6.55. The van der Waals surface area contributed by atoms with Crippen molar-refractivity contribution in [1.82, 2.24) is 19.9 Å². The van der Waals surface area contributed by atoms with Crippen LogP contribution in [-0.4, -0.2) is 34.6 Å². The van der Waals surface area contributed by atoms with Crippen LogP contribution in [0.25, 0.3) is 33.9 Å². The number of aromatic nitrogens is 4. The van der Waals surface area contributed by atoms with Crippen molar-refractivity contribution < 1.29 is 8.42 Å². The molecule has 5 rings (SSSR count). The first-order valence-electron chi connectivity index (χ1n) is 8.58. The summed E-state index contributed by atoms with van der Waals surface area (Å²) < 4.78 is 23.4. The zero-order chi connectivity index (χ0) is 19.3. The van der Waals surface area contributed by atoms with Crippen molar-refractivity contribution in [2.24, 2.45) is 0 Å². The lowest BCUT2D eigenvalue weighted by molar-refractivity contribution is 0.602. The summed E-state index contributed by atoms with van der Waals surface area (Å²) in [6.45, 7) is 0. The fraction of sp³-hybridized carbons (Fsp3) is 0.0500. The molecule has 0 radical (unpaired) electrons. The van der Waals surface area contributed by atoms with Gasteiger partial charge in [0.25, 0.3) is 0 Å². The van der Waals surface area contributed by atoms with Crippen molar-refractivity contribution in [2.45, 2.75) is 4.90 Å². The van der Waals surface area contributed by atoms with Crippen molar-refractivity contribution >= 4 is 21.3 Å². The van der Waals surface area contributed by atoms with Gasteiger partial charge in [-0.1, -0.05) is 0 Å². The maximum Gasteiger partial charge on any atom is 0.175 e. The van der Waals surface area contributed by atoms with Gasteiger partial charge in [0.2, 0.25) is 0 Å². The zero-order valence-corrected chi connectivity index (χ0v) is 15.7. The van der Waals surface area contributed by atoms with Gasteiger partial charge in [-0.3, -0.25) is 4.98 Å². The largest absolute Gasteiger partial charge is 0.338 e. The van der Waals surface area contributed by atoms with E-state index < -0.39 is 9.84 Å². The highest BCUT2D eigenvalue weighted by molar-refractivity contribution is 7.90. The summed E-state index contributed by atoms with van der Waals surface area (Å²) in [5.41, 5.74) is 5.10. The molecule has 28 heavy (non-hydrogen) atoms. The summed E-state index contributed by atoms with van der Waals surface area (Å²) in [5, 5.41) is 3.32. The fourth-order valence-electron chi connectivity index (χ4n) is 3.30. The van der Waals surface area contributed by atoms with Crippen molar-refractivity contribution in [3.8, 4) is 33.9 Å². The number of sulfone groups is 1. The number of anilines is 2. The number of H-pyrrole nitrogens is 1. The maximum absolute atomic E-state index is 11.7. The lowest BCUT2D eigenvalue weighted by Gasteiger charge is -2.07. The van der Waals surface area contributed by atoms with E-state index in [0.717, 1.165) is 33.8 Å². The van der Waals surface area contributed by atoms with Gasteiger partial charge in [-0.05, 0) is 42.5 Å². The molecule has 0 spiro atoms. The number of nitrogens with zero attached hydrogens (tertiary/aromatic N) is 3. The first kappa shape index (κ1) is 16.6. The van der Waals surface area contributed by atoms with Gasteiger partial charge < -0.3 is 10.3 Å². The van der Waals surface area contributed by atoms with Crippen LogP contribution in [0, 0.1) is 0 Å². The SMILES string of the molecule is CS(=O)(=O)c1ccc(-c2nc3c([nH]2)-c2ccncc2Nc2ncccc2-3)cc1. The van der Waals surface area contributed by atoms with Gasteiger partial charge in [-0.15, -0.1) is 0 Å². The molecule has 0 saturated carbocycles. The molecule has 1 aliphatic heterocycles. The Balaban J connectivity index is 1.71. The molecule has 0 bridgehead atoms. The number of fused-ring (bicyclic) bond motifs is 5. The van der Waals surface area contributed by atoms with E-state index >= 15 is 0 Å². The van der Waals surface area contributed by atoms with Crippen LogP contribution in [0.5, 0.6) is 0 Å². The number of aromatic amines is 1. The highest BCUT2D eigenvalue weighted by Gasteiger charge is 2.24. The van der Waals surface area contributed by atoms with E-state index in [1.54, 1.807) is 42.9 Å². The normalized spacial score (nSPS) is 12.3. The minimum Gasteiger partial charge on any atom is -0.338 e. The number of rotatable bonds is 2. The molecule has 1 aliphatic rings. The highest BCUT2D eigenvalue weighted by Crippen LogP contribution is 2.42. The second kappa shape index (κ2) is 6.00. The smallest absolute Gasteiger partial charge is 0.175 e. The van der Waals surface area contributed by atoms with Crippen molar-refractivity contribution in [3.63, 3.8) is 0 Å². The summed E-state index contributed by atoms with van der Waals surface area (Å²) in [4.78, 5) is 17.1. The molecule has 4 heterocycles. The predicted molar refractivity (Wildman–Crippen MR) is 107 cm³/mol. The Labute approximate surface area is 161 Å². The number of pyridine rings is 2. The number of hydrogen-bond acceptors (Lipinski definition) is 6. The molecule has 0 saturated heterocycles. The summed E-state index contributed by atoms with van der Waals surface area (Å²) >= 11 is 0. The van der Waals surface area contributed by atoms with E-state index in [9.17, 15) is 8.42 Å². The Morgan fingerprint density at radius 3 is 2.57 bits per heavy atom. The van der Waals surface area contributed by atoms with E-state index in [2.05, 4.69) is 20.3 Å². The summed E-state index contributed by atoms with van der Waals surface area (Å²) in [7, 11) is -3.24. The van der Waals surface area contributed by atoms with Gasteiger partial charge in [-0.2, -0.15) is 0 Å².